The topological polar surface area (TPSA) is 128 Å². The Kier molecular flexibility index (Phi) is 4.69. The Morgan fingerprint density at radius 2 is 2.00 bits per heavy atom. The average Bonchev–Trinajstić information content (AvgIpc) is 3.38. The number of nitrogens with zero attached hydrogens (tertiary/aromatic N) is 5. The van der Waals surface area contributed by atoms with Crippen LogP contribution in [0.1, 0.15) is 17.4 Å². The van der Waals surface area contributed by atoms with Crippen molar-refractivity contribution >= 4 is 28.9 Å². The zero-order valence-electron chi connectivity index (χ0n) is 15.0. The fraction of sp³-hybridized carbons (Fsp3) is 0.111. The van der Waals surface area contributed by atoms with Crippen LogP contribution < -0.4 is 5.32 Å². The number of esters is 1. The molecule has 0 aliphatic rings. The van der Waals surface area contributed by atoms with Crippen molar-refractivity contribution in [1.82, 2.24) is 29.5 Å². The van der Waals surface area contributed by atoms with E-state index in [4.69, 9.17) is 4.74 Å². The average molecular weight is 395 g/mol. The predicted molar refractivity (Wildman–Crippen MR) is 98.7 cm³/mol. The van der Waals surface area contributed by atoms with Crippen LogP contribution in [0.3, 0.4) is 0 Å². The number of nitrogens with one attached hydrogen (secondary N) is 2. The monoisotopic (exact) mass is 395 g/mol. The molecule has 0 saturated heterocycles. The van der Waals surface area contributed by atoms with Crippen LogP contribution in [0, 0.1) is 5.82 Å². The first-order valence-electron chi connectivity index (χ1n) is 8.47. The molecule has 1 aromatic carbocycles. The van der Waals surface area contributed by atoms with Crippen molar-refractivity contribution in [3.63, 3.8) is 0 Å². The van der Waals surface area contributed by atoms with Crippen LogP contribution in [0.2, 0.25) is 0 Å². The highest BCUT2D eigenvalue weighted by atomic mass is 19.1. The first-order chi connectivity index (χ1) is 14.0. The number of aromatic nitrogens is 6. The number of halogens is 1. The number of H-pyrrole nitrogens is 1. The summed E-state index contributed by atoms with van der Waals surface area (Å²) in [6, 6.07) is 5.51. The molecule has 11 heteroatoms. The third-order valence-electron chi connectivity index (χ3n) is 4.07. The summed E-state index contributed by atoms with van der Waals surface area (Å²) in [5.74, 6) is -1.53. The van der Waals surface area contributed by atoms with Gasteiger partial charge in [0, 0.05) is 5.69 Å². The van der Waals surface area contributed by atoms with Gasteiger partial charge in [0.15, 0.2) is 23.3 Å². The minimum atomic E-state index is -1.12. The summed E-state index contributed by atoms with van der Waals surface area (Å²) in [6.07, 6.45) is 4.26. The van der Waals surface area contributed by atoms with Crippen LogP contribution in [0.4, 0.5) is 10.2 Å². The van der Waals surface area contributed by atoms with Crippen LogP contribution in [-0.4, -0.2) is 47.5 Å². The van der Waals surface area contributed by atoms with E-state index in [2.05, 4.69) is 30.2 Å². The number of fused-ring (bicyclic) bond motifs is 1. The summed E-state index contributed by atoms with van der Waals surface area (Å²) in [5, 5.41) is 2.57. The highest BCUT2D eigenvalue weighted by Gasteiger charge is 2.23. The number of ether oxygens (including phenoxy) is 1. The summed E-state index contributed by atoms with van der Waals surface area (Å²) in [5.41, 5.74) is 1.46. The van der Waals surface area contributed by atoms with Crippen molar-refractivity contribution in [3.05, 3.63) is 61.0 Å². The molecule has 0 spiro atoms. The molecule has 0 bridgehead atoms. The Morgan fingerprint density at radius 3 is 2.79 bits per heavy atom. The van der Waals surface area contributed by atoms with E-state index in [0.717, 1.165) is 0 Å². The van der Waals surface area contributed by atoms with Gasteiger partial charge in [-0.15, -0.1) is 0 Å². The molecular weight excluding hydrogens is 381 g/mol. The Hall–Kier alpha value is -4.15. The largest absolute Gasteiger partial charge is 0.448 e. The minimum Gasteiger partial charge on any atom is -0.448 e. The van der Waals surface area contributed by atoms with Crippen molar-refractivity contribution < 1.29 is 18.7 Å². The van der Waals surface area contributed by atoms with E-state index in [1.54, 1.807) is 0 Å². The van der Waals surface area contributed by atoms with Gasteiger partial charge in [0.2, 0.25) is 0 Å². The van der Waals surface area contributed by atoms with Crippen LogP contribution >= 0.6 is 0 Å². The summed E-state index contributed by atoms with van der Waals surface area (Å²) >= 11 is 0. The number of aromatic amines is 1. The van der Waals surface area contributed by atoms with E-state index in [1.807, 2.05) is 0 Å². The normalized spacial score (nSPS) is 11.9. The lowest BCUT2D eigenvalue weighted by atomic mass is 10.3. The number of hydrogen-bond donors (Lipinski definition) is 2. The molecule has 0 radical (unpaired) electrons. The fourth-order valence-corrected chi connectivity index (χ4v) is 2.61. The van der Waals surface area contributed by atoms with E-state index in [1.165, 1.54) is 60.9 Å². The van der Waals surface area contributed by atoms with Crippen LogP contribution in [0.5, 0.6) is 0 Å². The van der Waals surface area contributed by atoms with Gasteiger partial charge in [0.25, 0.3) is 5.91 Å². The van der Waals surface area contributed by atoms with Crippen molar-refractivity contribution in [2.45, 2.75) is 13.0 Å². The first kappa shape index (κ1) is 18.2. The lowest BCUT2D eigenvalue weighted by molar-refractivity contribution is -0.123. The SMILES string of the molecule is C[C@@H](OC(=O)c1cncn1-c1ccc(F)cc1)C(=O)Nc1ncnc2nc[nH]c12. The van der Waals surface area contributed by atoms with E-state index >= 15 is 0 Å². The van der Waals surface area contributed by atoms with E-state index in [-0.39, 0.29) is 11.5 Å². The summed E-state index contributed by atoms with van der Waals surface area (Å²) < 4.78 is 19.8. The maximum atomic E-state index is 13.1. The lowest BCUT2D eigenvalue weighted by Crippen LogP contribution is -2.31. The maximum Gasteiger partial charge on any atom is 0.357 e. The molecule has 4 aromatic rings. The van der Waals surface area contributed by atoms with Crippen LogP contribution in [0.25, 0.3) is 16.9 Å². The van der Waals surface area contributed by atoms with Gasteiger partial charge < -0.3 is 15.0 Å². The van der Waals surface area contributed by atoms with Crippen molar-refractivity contribution in [3.8, 4) is 5.69 Å². The fourth-order valence-electron chi connectivity index (χ4n) is 2.61. The molecular formula is C18H14FN7O3. The maximum absolute atomic E-state index is 13.1. The van der Waals surface area contributed by atoms with E-state index in [0.29, 0.717) is 16.9 Å². The van der Waals surface area contributed by atoms with Crippen molar-refractivity contribution in [1.29, 1.82) is 0 Å². The Morgan fingerprint density at radius 1 is 1.21 bits per heavy atom. The molecule has 0 aliphatic carbocycles. The molecule has 1 amide bonds. The summed E-state index contributed by atoms with van der Waals surface area (Å²) in [4.78, 5) is 43.6. The van der Waals surface area contributed by atoms with Gasteiger partial charge in [-0.3, -0.25) is 9.36 Å². The Balaban J connectivity index is 1.47. The second-order valence-corrected chi connectivity index (χ2v) is 5.99. The number of hydrogen-bond acceptors (Lipinski definition) is 7. The molecule has 146 valence electrons. The zero-order valence-corrected chi connectivity index (χ0v) is 15.0. The number of imidazole rings is 2. The summed E-state index contributed by atoms with van der Waals surface area (Å²) in [7, 11) is 0. The van der Waals surface area contributed by atoms with Gasteiger partial charge in [-0.2, -0.15) is 0 Å². The van der Waals surface area contributed by atoms with E-state index in [9.17, 15) is 14.0 Å². The van der Waals surface area contributed by atoms with Gasteiger partial charge in [0.1, 0.15) is 17.7 Å². The second-order valence-electron chi connectivity index (χ2n) is 5.99. The number of benzene rings is 1. The Bertz CT molecular complexity index is 1190. The molecule has 1 atom stereocenters. The van der Waals surface area contributed by atoms with Crippen LogP contribution in [0.15, 0.2) is 49.4 Å². The molecule has 0 saturated carbocycles. The van der Waals surface area contributed by atoms with Gasteiger partial charge in [-0.1, -0.05) is 0 Å². The van der Waals surface area contributed by atoms with Gasteiger partial charge in [0.05, 0.1) is 18.9 Å². The molecule has 10 nitrogen and oxygen atoms in total. The molecule has 29 heavy (non-hydrogen) atoms. The van der Waals surface area contributed by atoms with Gasteiger partial charge >= 0.3 is 5.97 Å². The molecule has 2 N–H and O–H groups in total. The molecule has 0 fully saturated rings. The predicted octanol–water partition coefficient (Wildman–Crippen LogP) is 1.86. The third-order valence-corrected chi connectivity index (χ3v) is 4.07. The highest BCUT2D eigenvalue weighted by Crippen LogP contribution is 2.16. The minimum absolute atomic E-state index is 0.0919. The number of amides is 1. The number of carbonyl (C=O) groups excluding carboxylic acids is 2. The number of carbonyl (C=O) groups is 2. The third kappa shape index (κ3) is 3.65. The molecule has 0 unspecified atom stereocenters. The quantitative estimate of drug-likeness (QED) is 0.494. The van der Waals surface area contributed by atoms with Gasteiger partial charge in [-0.05, 0) is 31.2 Å². The number of anilines is 1. The molecule has 3 heterocycles. The van der Waals surface area contributed by atoms with Crippen LogP contribution in [-0.2, 0) is 9.53 Å². The lowest BCUT2D eigenvalue weighted by Gasteiger charge is -2.14. The van der Waals surface area contributed by atoms with Crippen molar-refractivity contribution in [2.75, 3.05) is 5.32 Å². The highest BCUT2D eigenvalue weighted by molar-refractivity contribution is 6.00. The molecule has 3 aromatic heterocycles. The van der Waals surface area contributed by atoms with Gasteiger partial charge in [-0.25, -0.2) is 29.1 Å². The molecule has 0 aliphatic heterocycles. The zero-order chi connectivity index (χ0) is 20.4. The standard InChI is InChI=1S/C18H14FN7O3/c1-10(17(27)25-16-14-15(22-7-21-14)23-8-24-16)29-18(28)13-6-20-9-26(13)12-4-2-11(19)3-5-12/h2-10H,1H3,(H2,21,22,23,24,25,27)/t10-/m1/s1. The summed E-state index contributed by atoms with van der Waals surface area (Å²) in [6.45, 7) is 1.43. The van der Waals surface area contributed by atoms with Crippen molar-refractivity contribution in [2.24, 2.45) is 0 Å². The second kappa shape index (κ2) is 7.46. The Labute approximate surface area is 162 Å². The smallest absolute Gasteiger partial charge is 0.357 e. The molecule has 4 rings (SSSR count). The number of rotatable bonds is 5. The van der Waals surface area contributed by atoms with E-state index < -0.39 is 23.8 Å². The first-order valence-corrected chi connectivity index (χ1v) is 8.47.